The Bertz CT molecular complexity index is 1210. The number of hydrogen-bond donors (Lipinski definition) is 1. The number of halogens is 1. The van der Waals surface area contributed by atoms with Crippen molar-refractivity contribution in [3.8, 4) is 6.07 Å². The van der Waals surface area contributed by atoms with Gasteiger partial charge >= 0.3 is 0 Å². The predicted molar refractivity (Wildman–Crippen MR) is 134 cm³/mol. The number of hydrogen-bond acceptors (Lipinski definition) is 6. The quantitative estimate of drug-likeness (QED) is 0.428. The minimum absolute atomic E-state index is 0.0515. The van der Waals surface area contributed by atoms with Crippen molar-refractivity contribution in [3.63, 3.8) is 0 Å². The molecule has 0 aliphatic carbocycles. The van der Waals surface area contributed by atoms with Gasteiger partial charge in [0.1, 0.15) is 27.6 Å². The van der Waals surface area contributed by atoms with Crippen LogP contribution in [0.2, 0.25) is 0 Å². The van der Waals surface area contributed by atoms with Gasteiger partial charge in [0.05, 0.1) is 4.91 Å². The first kappa shape index (κ1) is 24.7. The van der Waals surface area contributed by atoms with Crippen LogP contribution in [-0.2, 0) is 17.9 Å². The normalized spacial score (nSPS) is 14.8. The smallest absolute Gasteiger partial charge is 0.270 e. The van der Waals surface area contributed by atoms with Gasteiger partial charge in [0.2, 0.25) is 0 Å². The molecule has 1 saturated heterocycles. The Balaban J connectivity index is 2.16. The van der Waals surface area contributed by atoms with Crippen molar-refractivity contribution in [2.45, 2.75) is 46.7 Å². The molecular weight excluding hydrogens is 459 g/mol. The number of aromatic nitrogens is 1. The number of benzene rings is 1. The summed E-state index contributed by atoms with van der Waals surface area (Å²) in [4.78, 5) is 27.9. The molecule has 1 N–H and O–H groups in total. The third-order valence-corrected chi connectivity index (χ3v) is 6.83. The average Bonchev–Trinajstić information content (AvgIpc) is 3.07. The van der Waals surface area contributed by atoms with Crippen molar-refractivity contribution in [2.24, 2.45) is 0 Å². The van der Waals surface area contributed by atoms with Gasteiger partial charge in [-0.2, -0.15) is 5.26 Å². The summed E-state index contributed by atoms with van der Waals surface area (Å²) in [6, 6.07) is 8.12. The lowest BCUT2D eigenvalue weighted by Crippen LogP contribution is -2.28. The molecule has 0 spiro atoms. The molecule has 6 nitrogen and oxygen atoms in total. The number of thioether (sulfide) groups is 1. The molecule has 0 unspecified atom stereocenters. The molecule has 172 valence electrons. The van der Waals surface area contributed by atoms with Crippen molar-refractivity contribution >= 4 is 46.1 Å². The van der Waals surface area contributed by atoms with Crippen LogP contribution in [0.1, 0.15) is 48.9 Å². The highest BCUT2D eigenvalue weighted by Crippen LogP contribution is 2.35. The number of carbonyl (C=O) groups excluding carboxylic acids is 1. The Morgan fingerprint density at radius 3 is 2.52 bits per heavy atom. The maximum Gasteiger partial charge on any atom is 0.270 e. The summed E-state index contributed by atoms with van der Waals surface area (Å²) in [5.74, 6) is 0.00343. The molecular formula is C24H25FN4O2S2. The second-order valence-electron chi connectivity index (χ2n) is 7.59. The van der Waals surface area contributed by atoms with Gasteiger partial charge in [-0.3, -0.25) is 19.1 Å². The number of nitriles is 1. The largest absolute Gasteiger partial charge is 0.367 e. The van der Waals surface area contributed by atoms with Crippen molar-refractivity contribution in [3.05, 3.63) is 67.6 Å². The van der Waals surface area contributed by atoms with E-state index in [9.17, 15) is 19.2 Å². The zero-order chi connectivity index (χ0) is 24.1. The number of unbranched alkanes of at least 4 members (excludes halogenated alkanes) is 1. The molecule has 0 radical (unpaired) electrons. The first-order valence-electron chi connectivity index (χ1n) is 10.7. The Labute approximate surface area is 202 Å². The molecule has 0 bridgehead atoms. The van der Waals surface area contributed by atoms with Crippen molar-refractivity contribution in [2.75, 3.05) is 11.9 Å². The van der Waals surface area contributed by atoms with Gasteiger partial charge in [0, 0.05) is 25.2 Å². The number of nitrogens with one attached hydrogen (secondary N) is 1. The van der Waals surface area contributed by atoms with E-state index in [-0.39, 0.29) is 22.8 Å². The van der Waals surface area contributed by atoms with Crippen LogP contribution in [0.3, 0.4) is 0 Å². The molecule has 1 aromatic carbocycles. The van der Waals surface area contributed by atoms with Crippen LogP contribution >= 0.6 is 24.0 Å². The summed E-state index contributed by atoms with van der Waals surface area (Å²) in [6.45, 7) is 6.82. The van der Waals surface area contributed by atoms with Crippen LogP contribution < -0.4 is 10.9 Å². The maximum absolute atomic E-state index is 13.3. The second kappa shape index (κ2) is 10.8. The lowest BCUT2D eigenvalue weighted by molar-refractivity contribution is -0.121. The van der Waals surface area contributed by atoms with Crippen LogP contribution in [0.15, 0.2) is 34.0 Å². The Morgan fingerprint density at radius 2 is 1.94 bits per heavy atom. The third-order valence-electron chi connectivity index (χ3n) is 5.45. The molecule has 1 aliphatic rings. The zero-order valence-corrected chi connectivity index (χ0v) is 20.4. The van der Waals surface area contributed by atoms with E-state index in [2.05, 4.69) is 5.32 Å². The molecule has 3 rings (SSSR count). The van der Waals surface area contributed by atoms with Gasteiger partial charge in [0.25, 0.3) is 11.5 Å². The molecule has 1 amide bonds. The summed E-state index contributed by atoms with van der Waals surface area (Å²) in [6.07, 6.45) is 3.32. The molecule has 9 heteroatoms. The van der Waals surface area contributed by atoms with E-state index in [4.69, 9.17) is 12.2 Å². The number of nitrogens with zero attached hydrogens (tertiary/aromatic N) is 3. The van der Waals surface area contributed by atoms with Gasteiger partial charge in [-0.1, -0.05) is 49.5 Å². The van der Waals surface area contributed by atoms with Crippen LogP contribution in [0.25, 0.3) is 6.08 Å². The van der Waals surface area contributed by atoms with Gasteiger partial charge in [0.15, 0.2) is 0 Å². The summed E-state index contributed by atoms with van der Waals surface area (Å²) in [5, 5.41) is 13.0. The lowest BCUT2D eigenvalue weighted by Gasteiger charge is -2.20. The van der Waals surface area contributed by atoms with E-state index >= 15 is 0 Å². The number of rotatable bonds is 8. The summed E-state index contributed by atoms with van der Waals surface area (Å²) in [7, 11) is 0. The van der Waals surface area contributed by atoms with Crippen molar-refractivity contribution in [1.29, 1.82) is 5.26 Å². The molecule has 1 aliphatic heterocycles. The summed E-state index contributed by atoms with van der Waals surface area (Å²) in [5.41, 5.74) is 1.61. The summed E-state index contributed by atoms with van der Waals surface area (Å²) < 4.78 is 15.3. The number of carbonyl (C=O) groups is 1. The monoisotopic (exact) mass is 484 g/mol. The molecule has 1 aromatic heterocycles. The highest BCUT2D eigenvalue weighted by atomic mass is 32.2. The highest BCUT2D eigenvalue weighted by Gasteiger charge is 2.31. The second-order valence-corrected chi connectivity index (χ2v) is 9.27. The van der Waals surface area contributed by atoms with Crippen LogP contribution in [0.4, 0.5) is 10.2 Å². The number of anilines is 1. The number of likely N-dealkylation sites (N-methyl/N-ethyl adjacent to an activating group) is 1. The van der Waals surface area contributed by atoms with E-state index in [1.54, 1.807) is 29.7 Å². The molecule has 2 aromatic rings. The van der Waals surface area contributed by atoms with E-state index in [0.29, 0.717) is 45.8 Å². The standard InChI is InChI=1S/C24H25FN4O2S2/c1-4-6-11-29-21(27-14-16-7-9-17(25)10-8-16)18(15(3)19(13-26)22(29)30)12-20-23(31)28(5-2)24(32)33-20/h7-10,12,27H,4-6,11,14H2,1-3H3/b20-12+. The summed E-state index contributed by atoms with van der Waals surface area (Å²) >= 11 is 6.53. The third kappa shape index (κ3) is 5.18. The fourth-order valence-electron chi connectivity index (χ4n) is 3.57. The molecule has 0 saturated carbocycles. The maximum atomic E-state index is 13.3. The number of thiocarbonyl (C=S) groups is 1. The van der Waals surface area contributed by atoms with E-state index < -0.39 is 0 Å². The number of pyridine rings is 1. The fourth-order valence-corrected chi connectivity index (χ4v) is 4.94. The van der Waals surface area contributed by atoms with Crippen LogP contribution in [0.5, 0.6) is 0 Å². The minimum atomic E-state index is -0.372. The van der Waals surface area contributed by atoms with Crippen molar-refractivity contribution in [1.82, 2.24) is 9.47 Å². The Kier molecular flexibility index (Phi) is 8.06. The molecule has 2 heterocycles. The van der Waals surface area contributed by atoms with Crippen LogP contribution in [0, 0.1) is 24.1 Å². The number of amides is 1. The minimum Gasteiger partial charge on any atom is -0.367 e. The van der Waals surface area contributed by atoms with E-state index in [1.807, 2.05) is 19.9 Å². The van der Waals surface area contributed by atoms with Gasteiger partial charge in [-0.05, 0) is 49.6 Å². The van der Waals surface area contributed by atoms with Crippen molar-refractivity contribution < 1.29 is 9.18 Å². The first-order chi connectivity index (χ1) is 15.8. The lowest BCUT2D eigenvalue weighted by atomic mass is 10.0. The van der Waals surface area contributed by atoms with Gasteiger partial charge < -0.3 is 5.32 Å². The first-order valence-corrected chi connectivity index (χ1v) is 12.0. The average molecular weight is 485 g/mol. The Morgan fingerprint density at radius 1 is 1.24 bits per heavy atom. The molecule has 33 heavy (non-hydrogen) atoms. The zero-order valence-electron chi connectivity index (χ0n) is 18.8. The highest BCUT2D eigenvalue weighted by molar-refractivity contribution is 8.26. The van der Waals surface area contributed by atoms with E-state index in [1.165, 1.54) is 28.8 Å². The topological polar surface area (TPSA) is 78.1 Å². The molecule has 0 atom stereocenters. The fraction of sp³-hybridized carbons (Fsp3) is 0.333. The van der Waals surface area contributed by atoms with Crippen LogP contribution in [-0.4, -0.2) is 26.2 Å². The van der Waals surface area contributed by atoms with Gasteiger partial charge in [-0.25, -0.2) is 4.39 Å². The SMILES string of the molecule is CCCCn1c(NCc2ccc(F)cc2)c(/C=C2/SC(=S)N(CC)C2=O)c(C)c(C#N)c1=O. The molecule has 1 fully saturated rings. The Hall–Kier alpha value is -2.96. The van der Waals surface area contributed by atoms with E-state index in [0.717, 1.165) is 18.4 Å². The predicted octanol–water partition coefficient (Wildman–Crippen LogP) is 4.80. The van der Waals surface area contributed by atoms with Gasteiger partial charge in [-0.15, -0.1) is 0 Å².